The number of aromatic hydroxyl groups is 1. The number of aryl methyl sites for hydroxylation is 1. The SMILES string of the molecule is COc1cccc(C=N[C@@H]2CC(=O)N(C)[C@H]2c2cnn(C)c2C)c1O. The number of ether oxygens (including phenoxy) is 1. The Morgan fingerprint density at radius 3 is 2.80 bits per heavy atom. The molecule has 2 aromatic rings. The maximum Gasteiger partial charge on any atom is 0.225 e. The van der Waals surface area contributed by atoms with E-state index in [1.54, 1.807) is 47.2 Å². The highest BCUT2D eigenvalue weighted by molar-refractivity contribution is 5.86. The maximum atomic E-state index is 12.2. The summed E-state index contributed by atoms with van der Waals surface area (Å²) in [4.78, 5) is 18.5. The van der Waals surface area contributed by atoms with E-state index in [0.717, 1.165) is 11.3 Å². The van der Waals surface area contributed by atoms with E-state index in [0.29, 0.717) is 17.7 Å². The number of amides is 1. The first-order valence-corrected chi connectivity index (χ1v) is 8.07. The Morgan fingerprint density at radius 2 is 2.16 bits per heavy atom. The number of carbonyl (C=O) groups is 1. The predicted molar refractivity (Wildman–Crippen MR) is 94.1 cm³/mol. The number of hydrogen-bond donors (Lipinski definition) is 1. The van der Waals surface area contributed by atoms with E-state index in [-0.39, 0.29) is 23.7 Å². The summed E-state index contributed by atoms with van der Waals surface area (Å²) in [6, 6.07) is 4.83. The average molecular weight is 342 g/mol. The summed E-state index contributed by atoms with van der Waals surface area (Å²) in [6.45, 7) is 1.98. The van der Waals surface area contributed by atoms with Crippen molar-refractivity contribution in [2.75, 3.05) is 14.2 Å². The van der Waals surface area contributed by atoms with Crippen molar-refractivity contribution < 1.29 is 14.6 Å². The Balaban J connectivity index is 1.93. The van der Waals surface area contributed by atoms with E-state index >= 15 is 0 Å². The van der Waals surface area contributed by atoms with Gasteiger partial charge < -0.3 is 14.7 Å². The van der Waals surface area contributed by atoms with Crippen molar-refractivity contribution in [3.8, 4) is 11.5 Å². The van der Waals surface area contributed by atoms with Crippen LogP contribution in [0.3, 0.4) is 0 Å². The molecule has 0 aliphatic carbocycles. The Kier molecular flexibility index (Phi) is 4.48. The topological polar surface area (TPSA) is 80.0 Å². The molecule has 0 saturated carbocycles. The second kappa shape index (κ2) is 6.58. The lowest BCUT2D eigenvalue weighted by Gasteiger charge is -2.22. The van der Waals surface area contributed by atoms with Crippen molar-refractivity contribution in [1.29, 1.82) is 0 Å². The third-order valence-corrected chi connectivity index (χ3v) is 4.81. The quantitative estimate of drug-likeness (QED) is 0.860. The average Bonchev–Trinajstić information content (AvgIpc) is 3.06. The molecule has 1 N–H and O–H groups in total. The van der Waals surface area contributed by atoms with E-state index in [1.807, 2.05) is 14.0 Å². The summed E-state index contributed by atoms with van der Waals surface area (Å²) in [7, 11) is 5.17. The standard InChI is InChI=1S/C18H22N4O3/c1-11-13(10-20-22(11)3)17-14(8-16(23)21(17)2)19-9-12-6-5-7-15(25-4)18(12)24/h5-7,9-10,14,17,24H,8H2,1-4H3/t14-,17+/m1/s1. The van der Waals surface area contributed by atoms with Gasteiger partial charge in [0.25, 0.3) is 0 Å². The molecule has 1 fully saturated rings. The normalized spacial score (nSPS) is 20.6. The molecule has 2 atom stereocenters. The minimum Gasteiger partial charge on any atom is -0.504 e. The van der Waals surface area contributed by atoms with Crippen LogP contribution in [0.15, 0.2) is 29.4 Å². The third-order valence-electron chi connectivity index (χ3n) is 4.81. The Hall–Kier alpha value is -2.83. The van der Waals surface area contributed by atoms with Gasteiger partial charge >= 0.3 is 0 Å². The fourth-order valence-electron chi connectivity index (χ4n) is 3.19. The van der Waals surface area contributed by atoms with Gasteiger partial charge in [0.2, 0.25) is 5.91 Å². The first-order valence-electron chi connectivity index (χ1n) is 8.07. The number of carbonyl (C=O) groups excluding carboxylic acids is 1. The van der Waals surface area contributed by atoms with Crippen molar-refractivity contribution in [3.63, 3.8) is 0 Å². The third kappa shape index (κ3) is 2.97. The number of hydrogen-bond acceptors (Lipinski definition) is 5. The van der Waals surface area contributed by atoms with Crippen LogP contribution in [0.5, 0.6) is 11.5 Å². The summed E-state index contributed by atoms with van der Waals surface area (Å²) in [5, 5.41) is 14.5. The molecule has 0 radical (unpaired) electrons. The fraction of sp³-hybridized carbons (Fsp3) is 0.389. The number of nitrogens with zero attached hydrogens (tertiary/aromatic N) is 4. The molecule has 1 aliphatic heterocycles. The smallest absolute Gasteiger partial charge is 0.225 e. The number of aliphatic imine (C=N–C) groups is 1. The number of benzene rings is 1. The van der Waals surface area contributed by atoms with Gasteiger partial charge in [-0.25, -0.2) is 0 Å². The van der Waals surface area contributed by atoms with Crippen LogP contribution in [0.25, 0.3) is 0 Å². The van der Waals surface area contributed by atoms with Crippen LogP contribution in [0.4, 0.5) is 0 Å². The van der Waals surface area contributed by atoms with Gasteiger partial charge in [-0.05, 0) is 19.1 Å². The van der Waals surface area contributed by atoms with Gasteiger partial charge in [0, 0.05) is 37.1 Å². The van der Waals surface area contributed by atoms with Crippen LogP contribution >= 0.6 is 0 Å². The van der Waals surface area contributed by atoms with Crippen molar-refractivity contribution in [1.82, 2.24) is 14.7 Å². The summed E-state index contributed by atoms with van der Waals surface area (Å²) in [5.74, 6) is 0.481. The van der Waals surface area contributed by atoms with E-state index in [9.17, 15) is 9.90 Å². The number of methoxy groups -OCH3 is 1. The van der Waals surface area contributed by atoms with Crippen molar-refractivity contribution in [2.24, 2.45) is 12.0 Å². The van der Waals surface area contributed by atoms with Gasteiger partial charge in [0.05, 0.1) is 31.8 Å². The molecule has 1 aromatic heterocycles. The van der Waals surface area contributed by atoms with Crippen molar-refractivity contribution in [3.05, 3.63) is 41.2 Å². The number of likely N-dealkylation sites (N-methyl/N-ethyl adjacent to an activating group) is 1. The van der Waals surface area contributed by atoms with Crippen molar-refractivity contribution in [2.45, 2.75) is 25.4 Å². The fourth-order valence-corrected chi connectivity index (χ4v) is 3.19. The van der Waals surface area contributed by atoms with E-state index in [1.165, 1.54) is 7.11 Å². The summed E-state index contributed by atoms with van der Waals surface area (Å²) in [5.41, 5.74) is 2.56. The summed E-state index contributed by atoms with van der Waals surface area (Å²) < 4.78 is 6.91. The number of rotatable bonds is 4. The molecule has 1 amide bonds. The monoisotopic (exact) mass is 342 g/mol. The number of para-hydroxylation sites is 1. The summed E-state index contributed by atoms with van der Waals surface area (Å²) >= 11 is 0. The van der Waals surface area contributed by atoms with E-state index < -0.39 is 0 Å². The zero-order chi connectivity index (χ0) is 18.1. The Morgan fingerprint density at radius 1 is 1.40 bits per heavy atom. The summed E-state index contributed by atoms with van der Waals surface area (Å²) in [6.07, 6.45) is 3.73. The molecule has 132 valence electrons. The van der Waals surface area contributed by atoms with Crippen molar-refractivity contribution >= 4 is 12.1 Å². The minimum atomic E-state index is -0.231. The molecule has 7 nitrogen and oxygen atoms in total. The number of phenolic OH excluding ortho intramolecular Hbond substituents is 1. The molecule has 1 aliphatic rings. The Labute approximate surface area is 146 Å². The molecule has 25 heavy (non-hydrogen) atoms. The van der Waals surface area contributed by atoms with Gasteiger partial charge in [0.15, 0.2) is 11.5 Å². The first-order chi connectivity index (χ1) is 11.9. The lowest BCUT2D eigenvalue weighted by Crippen LogP contribution is -2.26. The minimum absolute atomic E-state index is 0.0422. The Bertz CT molecular complexity index is 828. The lowest BCUT2D eigenvalue weighted by molar-refractivity contribution is -0.127. The maximum absolute atomic E-state index is 12.2. The highest BCUT2D eigenvalue weighted by atomic mass is 16.5. The second-order valence-electron chi connectivity index (χ2n) is 6.21. The molecule has 1 aromatic carbocycles. The van der Waals surface area contributed by atoms with Gasteiger partial charge in [-0.1, -0.05) is 6.07 Å². The zero-order valence-electron chi connectivity index (χ0n) is 14.8. The number of aromatic nitrogens is 2. The molecular weight excluding hydrogens is 320 g/mol. The van der Waals surface area contributed by atoms with Gasteiger partial charge in [0.1, 0.15) is 0 Å². The molecular formula is C18H22N4O3. The lowest BCUT2D eigenvalue weighted by atomic mass is 10.0. The van der Waals surface area contributed by atoms with Gasteiger partial charge in [-0.15, -0.1) is 0 Å². The van der Waals surface area contributed by atoms with Crippen LogP contribution in [0.1, 0.15) is 29.3 Å². The van der Waals surface area contributed by atoms with Gasteiger partial charge in [-0.2, -0.15) is 5.10 Å². The highest BCUT2D eigenvalue weighted by Crippen LogP contribution is 2.36. The second-order valence-corrected chi connectivity index (χ2v) is 6.21. The molecule has 7 heteroatoms. The first kappa shape index (κ1) is 17.0. The van der Waals surface area contributed by atoms with Crippen LogP contribution in [0, 0.1) is 6.92 Å². The molecule has 2 heterocycles. The predicted octanol–water partition coefficient (Wildman–Crippen LogP) is 1.83. The zero-order valence-corrected chi connectivity index (χ0v) is 14.8. The molecule has 3 rings (SSSR count). The number of likely N-dealkylation sites (tertiary alicyclic amines) is 1. The van der Waals surface area contributed by atoms with Crippen LogP contribution in [-0.4, -0.2) is 52.1 Å². The van der Waals surface area contributed by atoms with Crippen LogP contribution in [-0.2, 0) is 11.8 Å². The molecule has 0 spiro atoms. The van der Waals surface area contributed by atoms with E-state index in [2.05, 4.69) is 10.1 Å². The molecule has 1 saturated heterocycles. The van der Waals surface area contributed by atoms with Crippen LogP contribution < -0.4 is 4.74 Å². The molecule has 0 bridgehead atoms. The van der Waals surface area contributed by atoms with Gasteiger partial charge in [-0.3, -0.25) is 14.5 Å². The highest BCUT2D eigenvalue weighted by Gasteiger charge is 2.39. The number of phenols is 1. The van der Waals surface area contributed by atoms with E-state index in [4.69, 9.17) is 4.74 Å². The van der Waals surface area contributed by atoms with Crippen LogP contribution in [0.2, 0.25) is 0 Å². The molecule has 0 unspecified atom stereocenters. The largest absolute Gasteiger partial charge is 0.504 e.